The van der Waals surface area contributed by atoms with Gasteiger partial charge in [0, 0.05) is 51.0 Å². The van der Waals surface area contributed by atoms with Crippen LogP contribution in [0.15, 0.2) is 36.7 Å². The maximum atomic E-state index is 12.6. The molecule has 1 atom stereocenters. The lowest BCUT2D eigenvalue weighted by Crippen LogP contribution is -2.54. The monoisotopic (exact) mass is 356 g/mol. The van der Waals surface area contributed by atoms with Crippen LogP contribution in [0.3, 0.4) is 0 Å². The number of amides is 1. The number of imidazole rings is 1. The standard InChI is InChI=1S/C20H28N4O2/c1-16-15-23(18-7-4-5-8-19(18)26-3)13-14-24(16)20(25)9-6-11-22-12-10-21-17(22)2/h4-5,7-8,10,12,16H,6,9,11,13-15H2,1-3H3. The zero-order valence-electron chi connectivity index (χ0n) is 15.9. The average Bonchev–Trinajstić information content (AvgIpc) is 3.06. The van der Waals surface area contributed by atoms with Crippen molar-refractivity contribution in [1.82, 2.24) is 14.5 Å². The molecule has 1 amide bonds. The van der Waals surface area contributed by atoms with Crippen molar-refractivity contribution in [3.8, 4) is 5.75 Å². The summed E-state index contributed by atoms with van der Waals surface area (Å²) in [5.41, 5.74) is 1.10. The number of piperazine rings is 1. The van der Waals surface area contributed by atoms with E-state index in [1.165, 1.54) is 0 Å². The van der Waals surface area contributed by atoms with Gasteiger partial charge in [0.25, 0.3) is 0 Å². The SMILES string of the molecule is COc1ccccc1N1CCN(C(=O)CCCn2ccnc2C)C(C)C1. The number of methoxy groups -OCH3 is 1. The van der Waals surface area contributed by atoms with Crippen LogP contribution in [-0.4, -0.2) is 53.1 Å². The molecule has 0 radical (unpaired) electrons. The third kappa shape index (κ3) is 4.00. The molecule has 6 nitrogen and oxygen atoms in total. The van der Waals surface area contributed by atoms with Gasteiger partial charge < -0.3 is 19.1 Å². The molecule has 0 N–H and O–H groups in total. The van der Waals surface area contributed by atoms with Crippen molar-refractivity contribution in [3.63, 3.8) is 0 Å². The topological polar surface area (TPSA) is 50.6 Å². The van der Waals surface area contributed by atoms with Gasteiger partial charge >= 0.3 is 0 Å². The number of carbonyl (C=O) groups excluding carboxylic acids is 1. The van der Waals surface area contributed by atoms with E-state index in [2.05, 4.69) is 27.4 Å². The molecule has 1 saturated heterocycles. The molecule has 1 aliphatic rings. The summed E-state index contributed by atoms with van der Waals surface area (Å²) in [5.74, 6) is 2.13. The molecular weight excluding hydrogens is 328 g/mol. The van der Waals surface area contributed by atoms with Crippen LogP contribution in [-0.2, 0) is 11.3 Å². The number of nitrogens with zero attached hydrogens (tertiary/aromatic N) is 4. The maximum Gasteiger partial charge on any atom is 0.222 e. The Hall–Kier alpha value is -2.50. The summed E-state index contributed by atoms with van der Waals surface area (Å²) >= 11 is 0. The Balaban J connectivity index is 1.53. The maximum absolute atomic E-state index is 12.6. The zero-order valence-corrected chi connectivity index (χ0v) is 15.9. The summed E-state index contributed by atoms with van der Waals surface area (Å²) in [6, 6.07) is 8.26. The van der Waals surface area contributed by atoms with E-state index in [9.17, 15) is 4.79 Å². The van der Waals surface area contributed by atoms with Gasteiger partial charge in [-0.15, -0.1) is 0 Å². The molecule has 1 unspecified atom stereocenters. The summed E-state index contributed by atoms with van der Waals surface area (Å²) in [4.78, 5) is 21.2. The van der Waals surface area contributed by atoms with Crippen LogP contribution < -0.4 is 9.64 Å². The Kier molecular flexibility index (Phi) is 5.81. The van der Waals surface area contributed by atoms with E-state index in [-0.39, 0.29) is 11.9 Å². The van der Waals surface area contributed by atoms with Crippen LogP contribution in [0.4, 0.5) is 5.69 Å². The quantitative estimate of drug-likeness (QED) is 0.799. The minimum absolute atomic E-state index is 0.191. The van der Waals surface area contributed by atoms with Gasteiger partial charge in [-0.25, -0.2) is 4.98 Å². The first-order chi connectivity index (χ1) is 12.6. The number of rotatable bonds is 6. The Morgan fingerprint density at radius 2 is 2.12 bits per heavy atom. The van der Waals surface area contributed by atoms with Crippen molar-refractivity contribution < 1.29 is 9.53 Å². The first-order valence-electron chi connectivity index (χ1n) is 9.25. The second-order valence-electron chi connectivity index (χ2n) is 6.83. The van der Waals surface area contributed by atoms with Gasteiger partial charge in [0.1, 0.15) is 11.6 Å². The predicted octanol–water partition coefficient (Wildman–Crippen LogP) is 2.72. The van der Waals surface area contributed by atoms with Crippen molar-refractivity contribution in [3.05, 3.63) is 42.5 Å². The molecule has 0 aliphatic carbocycles. The van der Waals surface area contributed by atoms with Crippen molar-refractivity contribution in [2.75, 3.05) is 31.6 Å². The normalized spacial score (nSPS) is 17.4. The van der Waals surface area contributed by atoms with E-state index in [1.54, 1.807) is 13.3 Å². The van der Waals surface area contributed by atoms with Crippen molar-refractivity contribution in [2.45, 2.75) is 39.3 Å². The fourth-order valence-electron chi connectivity index (χ4n) is 3.62. The molecule has 1 aromatic carbocycles. The van der Waals surface area contributed by atoms with Crippen molar-refractivity contribution in [2.24, 2.45) is 0 Å². The largest absolute Gasteiger partial charge is 0.495 e. The first kappa shape index (κ1) is 18.3. The molecule has 6 heteroatoms. The minimum Gasteiger partial charge on any atom is -0.495 e. The van der Waals surface area contributed by atoms with Crippen LogP contribution >= 0.6 is 0 Å². The van der Waals surface area contributed by atoms with E-state index in [0.29, 0.717) is 6.42 Å². The van der Waals surface area contributed by atoms with Gasteiger partial charge in [0.2, 0.25) is 5.91 Å². The molecule has 140 valence electrons. The number of benzene rings is 1. The highest BCUT2D eigenvalue weighted by Crippen LogP contribution is 2.29. The molecule has 2 aromatic rings. The number of carbonyl (C=O) groups is 1. The highest BCUT2D eigenvalue weighted by molar-refractivity contribution is 5.77. The molecule has 0 saturated carbocycles. The van der Waals surface area contributed by atoms with Gasteiger partial charge in [-0.2, -0.15) is 0 Å². The van der Waals surface area contributed by atoms with Crippen LogP contribution in [0.1, 0.15) is 25.6 Å². The van der Waals surface area contributed by atoms with Crippen LogP contribution in [0.2, 0.25) is 0 Å². The molecule has 3 rings (SSSR count). The summed E-state index contributed by atoms with van der Waals surface area (Å²) in [6.07, 6.45) is 5.19. The molecule has 1 aromatic heterocycles. The summed E-state index contributed by atoms with van der Waals surface area (Å²) < 4.78 is 7.57. The van der Waals surface area contributed by atoms with Gasteiger partial charge in [-0.1, -0.05) is 12.1 Å². The second-order valence-corrected chi connectivity index (χ2v) is 6.83. The summed E-state index contributed by atoms with van der Waals surface area (Å²) in [5, 5.41) is 0. The van der Waals surface area contributed by atoms with E-state index in [4.69, 9.17) is 4.74 Å². The lowest BCUT2D eigenvalue weighted by molar-refractivity contribution is -0.133. The third-order valence-electron chi connectivity index (χ3n) is 5.09. The third-order valence-corrected chi connectivity index (χ3v) is 5.09. The van der Waals surface area contributed by atoms with Gasteiger partial charge in [-0.05, 0) is 32.4 Å². The number of hydrogen-bond donors (Lipinski definition) is 0. The number of ether oxygens (including phenoxy) is 1. The summed E-state index contributed by atoms with van der Waals surface area (Å²) in [6.45, 7) is 7.36. The number of hydrogen-bond acceptors (Lipinski definition) is 4. The minimum atomic E-state index is 0.191. The van der Waals surface area contributed by atoms with Crippen LogP contribution in [0.25, 0.3) is 0 Å². The summed E-state index contributed by atoms with van der Waals surface area (Å²) in [7, 11) is 1.70. The smallest absolute Gasteiger partial charge is 0.222 e. The van der Waals surface area contributed by atoms with Crippen molar-refractivity contribution >= 4 is 11.6 Å². The molecule has 2 heterocycles. The lowest BCUT2D eigenvalue weighted by atomic mass is 10.1. The fraction of sp³-hybridized carbons (Fsp3) is 0.500. The van der Waals surface area contributed by atoms with Crippen LogP contribution in [0.5, 0.6) is 5.75 Å². The molecule has 0 bridgehead atoms. The van der Waals surface area contributed by atoms with Crippen LogP contribution in [0, 0.1) is 6.92 Å². The molecule has 1 fully saturated rings. The number of para-hydroxylation sites is 2. The average molecular weight is 356 g/mol. The van der Waals surface area contributed by atoms with Gasteiger partial charge in [-0.3, -0.25) is 4.79 Å². The molecule has 0 spiro atoms. The van der Waals surface area contributed by atoms with E-state index in [1.807, 2.05) is 36.2 Å². The second kappa shape index (κ2) is 8.25. The van der Waals surface area contributed by atoms with E-state index in [0.717, 1.165) is 49.9 Å². The zero-order chi connectivity index (χ0) is 18.5. The van der Waals surface area contributed by atoms with E-state index >= 15 is 0 Å². The Morgan fingerprint density at radius 1 is 1.31 bits per heavy atom. The van der Waals surface area contributed by atoms with E-state index < -0.39 is 0 Å². The predicted molar refractivity (Wildman–Crippen MR) is 103 cm³/mol. The number of anilines is 1. The lowest BCUT2D eigenvalue weighted by Gasteiger charge is -2.41. The van der Waals surface area contributed by atoms with Crippen molar-refractivity contribution in [1.29, 1.82) is 0 Å². The fourth-order valence-corrected chi connectivity index (χ4v) is 3.62. The van der Waals surface area contributed by atoms with Gasteiger partial charge in [0.15, 0.2) is 0 Å². The Bertz CT molecular complexity index is 743. The highest BCUT2D eigenvalue weighted by atomic mass is 16.5. The van der Waals surface area contributed by atoms with Gasteiger partial charge in [0.05, 0.1) is 12.8 Å². The highest BCUT2D eigenvalue weighted by Gasteiger charge is 2.28. The Morgan fingerprint density at radius 3 is 2.81 bits per heavy atom. The Labute approximate surface area is 155 Å². The molecule has 1 aliphatic heterocycles. The number of aromatic nitrogens is 2. The molecule has 26 heavy (non-hydrogen) atoms. The number of aryl methyl sites for hydroxylation is 2. The molecular formula is C20H28N4O2. The first-order valence-corrected chi connectivity index (χ1v) is 9.25.